The van der Waals surface area contributed by atoms with E-state index in [2.05, 4.69) is 34.0 Å². The zero-order chi connectivity index (χ0) is 11.4. The van der Waals surface area contributed by atoms with Gasteiger partial charge in [-0.05, 0) is 17.9 Å². The smallest absolute Gasteiger partial charge is 0.223 e. The van der Waals surface area contributed by atoms with Gasteiger partial charge in [-0.2, -0.15) is 4.98 Å². The molecule has 0 aliphatic heterocycles. The van der Waals surface area contributed by atoms with Gasteiger partial charge in [-0.25, -0.2) is 9.97 Å². The van der Waals surface area contributed by atoms with Gasteiger partial charge in [0.1, 0.15) is 6.33 Å². The van der Waals surface area contributed by atoms with E-state index >= 15 is 0 Å². The zero-order valence-corrected chi connectivity index (χ0v) is 9.74. The van der Waals surface area contributed by atoms with Gasteiger partial charge in [-0.1, -0.05) is 19.1 Å². The number of nitrogens with zero attached hydrogens (tertiary/aromatic N) is 3. The Morgan fingerprint density at radius 2 is 1.94 bits per heavy atom. The van der Waals surface area contributed by atoms with E-state index < -0.39 is 0 Å². The third kappa shape index (κ3) is 2.49. The first-order chi connectivity index (χ1) is 7.79. The average molecular weight is 232 g/mol. The molecule has 0 aliphatic carbocycles. The molecule has 1 aromatic heterocycles. The van der Waals surface area contributed by atoms with Crippen molar-refractivity contribution in [1.82, 2.24) is 15.0 Å². The van der Waals surface area contributed by atoms with Crippen LogP contribution in [-0.4, -0.2) is 20.7 Å². The van der Waals surface area contributed by atoms with Crippen LogP contribution in [0.5, 0.6) is 0 Å². The molecule has 0 saturated heterocycles. The molecule has 2 rings (SSSR count). The van der Waals surface area contributed by atoms with E-state index in [0.29, 0.717) is 5.82 Å². The average Bonchev–Trinajstić information content (AvgIpc) is 2.30. The van der Waals surface area contributed by atoms with Gasteiger partial charge in [-0.3, -0.25) is 0 Å². The monoisotopic (exact) mass is 232 g/mol. The van der Waals surface area contributed by atoms with E-state index in [1.54, 1.807) is 11.8 Å². The van der Waals surface area contributed by atoms with Crippen molar-refractivity contribution < 1.29 is 0 Å². The zero-order valence-electron chi connectivity index (χ0n) is 8.92. The molecule has 0 saturated carbocycles. The molecule has 0 unspecified atom stereocenters. The highest BCUT2D eigenvalue weighted by Crippen LogP contribution is 2.21. The van der Waals surface area contributed by atoms with Gasteiger partial charge in [0.05, 0.1) is 0 Å². The number of aromatic nitrogens is 3. The maximum absolute atomic E-state index is 5.51. The number of nitrogens with two attached hydrogens (primary N) is 1. The standard InChI is InChI=1S/C11H12N4S/c1-2-16-9-5-3-8(4-6-9)10-13-7-14-11(12)15-10/h3-7H,2H2,1H3,(H2,12,13,14,15). The molecule has 0 bridgehead atoms. The molecule has 0 amide bonds. The predicted octanol–water partition coefficient (Wildman–Crippen LogP) is 2.23. The first kappa shape index (κ1) is 10.9. The van der Waals surface area contributed by atoms with Crippen molar-refractivity contribution >= 4 is 17.7 Å². The molecule has 4 nitrogen and oxygen atoms in total. The Labute approximate surface area is 98.3 Å². The summed E-state index contributed by atoms with van der Waals surface area (Å²) in [6.45, 7) is 2.13. The molecule has 0 fully saturated rings. The van der Waals surface area contributed by atoms with Crippen LogP contribution in [-0.2, 0) is 0 Å². The van der Waals surface area contributed by atoms with Crippen LogP contribution in [0.2, 0.25) is 0 Å². The Morgan fingerprint density at radius 1 is 1.19 bits per heavy atom. The molecule has 2 aromatic rings. The number of hydrogen-bond donors (Lipinski definition) is 1. The Balaban J connectivity index is 2.27. The Bertz CT molecular complexity index is 470. The summed E-state index contributed by atoms with van der Waals surface area (Å²) < 4.78 is 0. The molecule has 0 aliphatic rings. The van der Waals surface area contributed by atoms with Crippen LogP contribution in [0, 0.1) is 0 Å². The molecule has 0 radical (unpaired) electrons. The summed E-state index contributed by atoms with van der Waals surface area (Å²) >= 11 is 1.80. The predicted molar refractivity (Wildman–Crippen MR) is 66.1 cm³/mol. The fraction of sp³-hybridized carbons (Fsp3) is 0.182. The second kappa shape index (κ2) is 4.94. The van der Waals surface area contributed by atoms with Crippen molar-refractivity contribution in [2.24, 2.45) is 0 Å². The molecule has 5 heteroatoms. The van der Waals surface area contributed by atoms with E-state index in [4.69, 9.17) is 5.73 Å². The van der Waals surface area contributed by atoms with Crippen LogP contribution >= 0.6 is 11.8 Å². The summed E-state index contributed by atoms with van der Waals surface area (Å²) in [7, 11) is 0. The SMILES string of the molecule is CCSc1ccc(-c2ncnc(N)n2)cc1. The van der Waals surface area contributed by atoms with Crippen molar-refractivity contribution in [3.05, 3.63) is 30.6 Å². The van der Waals surface area contributed by atoms with E-state index in [0.717, 1.165) is 11.3 Å². The lowest BCUT2D eigenvalue weighted by molar-refractivity contribution is 1.07. The molecule has 82 valence electrons. The third-order valence-corrected chi connectivity index (χ3v) is 2.91. The van der Waals surface area contributed by atoms with Crippen molar-refractivity contribution in [3.8, 4) is 11.4 Å². The van der Waals surface area contributed by atoms with Gasteiger partial charge in [-0.15, -0.1) is 11.8 Å². The maximum Gasteiger partial charge on any atom is 0.223 e. The molecule has 1 heterocycles. The van der Waals surface area contributed by atoms with Crippen LogP contribution in [0.4, 0.5) is 5.95 Å². The Hall–Kier alpha value is -1.62. The van der Waals surface area contributed by atoms with Crippen LogP contribution in [0.3, 0.4) is 0 Å². The van der Waals surface area contributed by atoms with Gasteiger partial charge >= 0.3 is 0 Å². The summed E-state index contributed by atoms with van der Waals surface area (Å²) in [5, 5.41) is 0. The minimum atomic E-state index is 0.247. The van der Waals surface area contributed by atoms with Crippen molar-refractivity contribution in [3.63, 3.8) is 0 Å². The second-order valence-electron chi connectivity index (χ2n) is 3.12. The lowest BCUT2D eigenvalue weighted by Crippen LogP contribution is -1.97. The van der Waals surface area contributed by atoms with Crippen molar-refractivity contribution in [1.29, 1.82) is 0 Å². The topological polar surface area (TPSA) is 64.7 Å². The number of hydrogen-bond acceptors (Lipinski definition) is 5. The van der Waals surface area contributed by atoms with Crippen LogP contribution < -0.4 is 5.73 Å². The van der Waals surface area contributed by atoms with Crippen molar-refractivity contribution in [2.75, 3.05) is 11.5 Å². The highest BCUT2D eigenvalue weighted by atomic mass is 32.2. The van der Waals surface area contributed by atoms with Gasteiger partial charge in [0.25, 0.3) is 0 Å². The quantitative estimate of drug-likeness (QED) is 0.822. The summed E-state index contributed by atoms with van der Waals surface area (Å²) in [6, 6.07) is 8.10. The molecular weight excluding hydrogens is 220 g/mol. The van der Waals surface area contributed by atoms with Crippen LogP contribution in [0.15, 0.2) is 35.5 Å². The molecule has 1 aromatic carbocycles. The number of rotatable bonds is 3. The van der Waals surface area contributed by atoms with E-state index in [1.165, 1.54) is 11.2 Å². The summed E-state index contributed by atoms with van der Waals surface area (Å²) in [4.78, 5) is 13.2. The third-order valence-electron chi connectivity index (χ3n) is 2.01. The second-order valence-corrected chi connectivity index (χ2v) is 4.46. The molecule has 16 heavy (non-hydrogen) atoms. The summed E-state index contributed by atoms with van der Waals surface area (Å²) in [5.74, 6) is 1.93. The van der Waals surface area contributed by atoms with Gasteiger partial charge in [0.2, 0.25) is 5.95 Å². The van der Waals surface area contributed by atoms with E-state index in [-0.39, 0.29) is 5.95 Å². The largest absolute Gasteiger partial charge is 0.368 e. The van der Waals surface area contributed by atoms with Gasteiger partial charge in [0, 0.05) is 10.5 Å². The lowest BCUT2D eigenvalue weighted by Gasteiger charge is -2.02. The Kier molecular flexibility index (Phi) is 3.36. The molecule has 0 atom stereocenters. The lowest BCUT2D eigenvalue weighted by atomic mass is 10.2. The summed E-state index contributed by atoms with van der Waals surface area (Å²) in [6.07, 6.45) is 1.42. The normalized spacial score (nSPS) is 10.3. The first-order valence-corrected chi connectivity index (χ1v) is 5.96. The summed E-state index contributed by atoms with van der Waals surface area (Å²) in [5.41, 5.74) is 6.46. The van der Waals surface area contributed by atoms with E-state index in [1.807, 2.05) is 12.1 Å². The highest BCUT2D eigenvalue weighted by Gasteiger charge is 2.01. The number of thioether (sulfide) groups is 1. The van der Waals surface area contributed by atoms with E-state index in [9.17, 15) is 0 Å². The maximum atomic E-state index is 5.51. The minimum Gasteiger partial charge on any atom is -0.368 e. The minimum absolute atomic E-state index is 0.247. The fourth-order valence-electron chi connectivity index (χ4n) is 1.31. The van der Waals surface area contributed by atoms with Crippen LogP contribution in [0.25, 0.3) is 11.4 Å². The number of benzene rings is 1. The van der Waals surface area contributed by atoms with Gasteiger partial charge in [0.15, 0.2) is 5.82 Å². The molecule has 0 spiro atoms. The molecular formula is C11H12N4S. The van der Waals surface area contributed by atoms with Gasteiger partial charge < -0.3 is 5.73 Å². The number of anilines is 1. The van der Waals surface area contributed by atoms with Crippen LogP contribution in [0.1, 0.15) is 6.92 Å². The fourth-order valence-corrected chi connectivity index (χ4v) is 1.98. The van der Waals surface area contributed by atoms with Crippen molar-refractivity contribution in [2.45, 2.75) is 11.8 Å². The highest BCUT2D eigenvalue weighted by molar-refractivity contribution is 7.99. The first-order valence-electron chi connectivity index (χ1n) is 4.97. The Morgan fingerprint density at radius 3 is 2.56 bits per heavy atom. The number of nitrogen functional groups attached to an aromatic ring is 1. The molecule has 2 N–H and O–H groups in total.